The molecule has 0 rings (SSSR count). The second-order valence-corrected chi connectivity index (χ2v) is 3.94. The molecule has 3 nitrogen and oxygen atoms in total. The normalized spacial score (nSPS) is 15.5. The van der Waals surface area contributed by atoms with Gasteiger partial charge in [-0.1, -0.05) is 34.1 Å². The third-order valence-corrected chi connectivity index (χ3v) is 2.09. The molecule has 0 aromatic rings. The summed E-state index contributed by atoms with van der Waals surface area (Å²) < 4.78 is 5.02. The molecule has 3 heteroatoms. The van der Waals surface area contributed by atoms with Crippen molar-refractivity contribution in [2.75, 3.05) is 6.61 Å². The minimum atomic E-state index is -0.469. The molecule has 0 spiro atoms. The van der Waals surface area contributed by atoms with E-state index in [2.05, 4.69) is 0 Å². The van der Waals surface area contributed by atoms with Gasteiger partial charge in [0, 0.05) is 0 Å². The summed E-state index contributed by atoms with van der Waals surface area (Å²) in [6.07, 6.45) is 0.901. The molecule has 0 unspecified atom stereocenters. The van der Waals surface area contributed by atoms with Crippen molar-refractivity contribution >= 4 is 5.97 Å². The summed E-state index contributed by atoms with van der Waals surface area (Å²) in [5, 5.41) is 0. The van der Waals surface area contributed by atoms with E-state index in [4.69, 9.17) is 10.5 Å². The highest BCUT2D eigenvalue weighted by atomic mass is 16.5. The molecule has 78 valence electrons. The quantitative estimate of drug-likeness (QED) is 0.664. The standard InChI is InChI=1S/C10H21NO2/c1-5-8(4)9(11)10(12)13-6-7(2)3/h7-9H,5-6,11H2,1-4H3/t8-,9-/m0/s1. The van der Waals surface area contributed by atoms with Crippen molar-refractivity contribution in [3.05, 3.63) is 0 Å². The Bertz CT molecular complexity index is 157. The molecule has 13 heavy (non-hydrogen) atoms. The Kier molecular flexibility index (Phi) is 5.71. The zero-order chi connectivity index (χ0) is 10.4. The van der Waals surface area contributed by atoms with Gasteiger partial charge in [0.1, 0.15) is 6.04 Å². The third-order valence-electron chi connectivity index (χ3n) is 2.09. The van der Waals surface area contributed by atoms with E-state index < -0.39 is 6.04 Å². The van der Waals surface area contributed by atoms with Gasteiger partial charge in [-0.05, 0) is 11.8 Å². The molecule has 0 aliphatic rings. The van der Waals surface area contributed by atoms with E-state index in [1.54, 1.807) is 0 Å². The van der Waals surface area contributed by atoms with Crippen LogP contribution in [0.2, 0.25) is 0 Å². The molecular formula is C10H21NO2. The van der Waals surface area contributed by atoms with E-state index >= 15 is 0 Å². The minimum Gasteiger partial charge on any atom is -0.464 e. The second-order valence-electron chi connectivity index (χ2n) is 3.94. The molecular weight excluding hydrogens is 166 g/mol. The van der Waals surface area contributed by atoms with E-state index in [9.17, 15) is 4.79 Å². The van der Waals surface area contributed by atoms with Crippen molar-refractivity contribution in [3.8, 4) is 0 Å². The summed E-state index contributed by atoms with van der Waals surface area (Å²) in [7, 11) is 0. The van der Waals surface area contributed by atoms with E-state index in [0.29, 0.717) is 12.5 Å². The lowest BCUT2D eigenvalue weighted by Gasteiger charge is -2.17. The van der Waals surface area contributed by atoms with Crippen molar-refractivity contribution in [1.29, 1.82) is 0 Å². The van der Waals surface area contributed by atoms with Gasteiger partial charge in [-0.25, -0.2) is 0 Å². The van der Waals surface area contributed by atoms with Crippen LogP contribution in [0.15, 0.2) is 0 Å². The first kappa shape index (κ1) is 12.4. The van der Waals surface area contributed by atoms with Gasteiger partial charge >= 0.3 is 5.97 Å². The molecule has 0 saturated carbocycles. The Labute approximate surface area is 80.6 Å². The lowest BCUT2D eigenvalue weighted by molar-refractivity contribution is -0.147. The number of carbonyl (C=O) groups is 1. The maximum absolute atomic E-state index is 11.3. The predicted octanol–water partition coefficient (Wildman–Crippen LogP) is 1.56. The Morgan fingerprint density at radius 2 is 1.92 bits per heavy atom. The number of hydrogen-bond acceptors (Lipinski definition) is 3. The van der Waals surface area contributed by atoms with Gasteiger partial charge in [0.25, 0.3) is 0 Å². The van der Waals surface area contributed by atoms with E-state index in [0.717, 1.165) is 6.42 Å². The molecule has 0 heterocycles. The van der Waals surface area contributed by atoms with Crippen LogP contribution in [0.25, 0.3) is 0 Å². The Hall–Kier alpha value is -0.570. The van der Waals surface area contributed by atoms with Crippen LogP contribution in [0.3, 0.4) is 0 Å². The summed E-state index contributed by atoms with van der Waals surface area (Å²) in [5.41, 5.74) is 5.68. The molecule has 0 aromatic heterocycles. The number of ether oxygens (including phenoxy) is 1. The summed E-state index contributed by atoms with van der Waals surface area (Å²) in [6, 6.07) is -0.469. The first-order chi connectivity index (χ1) is 5.99. The highest BCUT2D eigenvalue weighted by Crippen LogP contribution is 2.07. The number of esters is 1. The maximum Gasteiger partial charge on any atom is 0.323 e. The number of nitrogens with two attached hydrogens (primary N) is 1. The van der Waals surface area contributed by atoms with E-state index in [-0.39, 0.29) is 11.9 Å². The Morgan fingerprint density at radius 3 is 2.31 bits per heavy atom. The van der Waals surface area contributed by atoms with Gasteiger partial charge < -0.3 is 10.5 Å². The lowest BCUT2D eigenvalue weighted by atomic mass is 10.0. The molecule has 2 N–H and O–H groups in total. The monoisotopic (exact) mass is 187 g/mol. The van der Waals surface area contributed by atoms with Crippen molar-refractivity contribution < 1.29 is 9.53 Å². The van der Waals surface area contributed by atoms with Gasteiger partial charge in [0.2, 0.25) is 0 Å². The van der Waals surface area contributed by atoms with E-state index in [1.165, 1.54) is 0 Å². The highest BCUT2D eigenvalue weighted by molar-refractivity contribution is 5.75. The third kappa shape index (κ3) is 4.88. The van der Waals surface area contributed by atoms with Crippen molar-refractivity contribution in [2.24, 2.45) is 17.6 Å². The maximum atomic E-state index is 11.3. The molecule has 0 fully saturated rings. The van der Waals surface area contributed by atoms with Gasteiger partial charge in [0.15, 0.2) is 0 Å². The number of hydrogen-bond donors (Lipinski definition) is 1. The molecule has 0 aromatic carbocycles. The molecule has 2 atom stereocenters. The van der Waals surface area contributed by atoms with Crippen LogP contribution in [0, 0.1) is 11.8 Å². The van der Waals surface area contributed by atoms with Crippen molar-refractivity contribution in [2.45, 2.75) is 40.2 Å². The highest BCUT2D eigenvalue weighted by Gasteiger charge is 2.20. The molecule has 0 radical (unpaired) electrons. The molecule has 0 aliphatic carbocycles. The molecule has 0 bridgehead atoms. The van der Waals surface area contributed by atoms with Gasteiger partial charge in [-0.15, -0.1) is 0 Å². The van der Waals surface area contributed by atoms with Crippen LogP contribution in [0.5, 0.6) is 0 Å². The van der Waals surface area contributed by atoms with Crippen LogP contribution in [-0.4, -0.2) is 18.6 Å². The number of carbonyl (C=O) groups excluding carboxylic acids is 1. The van der Waals surface area contributed by atoms with Crippen LogP contribution < -0.4 is 5.73 Å². The zero-order valence-electron chi connectivity index (χ0n) is 9.04. The smallest absolute Gasteiger partial charge is 0.323 e. The predicted molar refractivity (Wildman–Crippen MR) is 53.2 cm³/mol. The average Bonchev–Trinajstić information content (AvgIpc) is 2.11. The summed E-state index contributed by atoms with van der Waals surface area (Å²) in [6.45, 7) is 8.44. The Morgan fingerprint density at radius 1 is 1.38 bits per heavy atom. The van der Waals surface area contributed by atoms with Gasteiger partial charge in [-0.2, -0.15) is 0 Å². The second kappa shape index (κ2) is 5.97. The fourth-order valence-corrected chi connectivity index (χ4v) is 0.831. The van der Waals surface area contributed by atoms with Gasteiger partial charge in [-0.3, -0.25) is 4.79 Å². The van der Waals surface area contributed by atoms with Crippen LogP contribution in [0.1, 0.15) is 34.1 Å². The minimum absolute atomic E-state index is 0.194. The summed E-state index contributed by atoms with van der Waals surface area (Å²) in [4.78, 5) is 11.3. The number of rotatable bonds is 5. The van der Waals surface area contributed by atoms with E-state index in [1.807, 2.05) is 27.7 Å². The van der Waals surface area contributed by atoms with Gasteiger partial charge in [0.05, 0.1) is 6.61 Å². The van der Waals surface area contributed by atoms with Crippen molar-refractivity contribution in [3.63, 3.8) is 0 Å². The zero-order valence-corrected chi connectivity index (χ0v) is 9.04. The SMILES string of the molecule is CC[C@H](C)[C@H](N)C(=O)OCC(C)C. The van der Waals surface area contributed by atoms with Crippen LogP contribution in [-0.2, 0) is 9.53 Å². The first-order valence-corrected chi connectivity index (χ1v) is 4.91. The van der Waals surface area contributed by atoms with Crippen molar-refractivity contribution in [1.82, 2.24) is 0 Å². The lowest BCUT2D eigenvalue weighted by Crippen LogP contribution is -2.38. The average molecular weight is 187 g/mol. The van der Waals surface area contributed by atoms with Crippen LogP contribution in [0.4, 0.5) is 0 Å². The summed E-state index contributed by atoms with van der Waals surface area (Å²) >= 11 is 0. The molecule has 0 saturated heterocycles. The fourth-order valence-electron chi connectivity index (χ4n) is 0.831. The first-order valence-electron chi connectivity index (χ1n) is 4.91. The largest absolute Gasteiger partial charge is 0.464 e. The van der Waals surface area contributed by atoms with Crippen LogP contribution >= 0.6 is 0 Å². The Balaban J connectivity index is 3.82. The summed E-state index contributed by atoms with van der Waals surface area (Å²) in [5.74, 6) is 0.288. The topological polar surface area (TPSA) is 52.3 Å². The molecule has 0 amide bonds. The molecule has 0 aliphatic heterocycles. The fraction of sp³-hybridized carbons (Fsp3) is 0.900.